The second kappa shape index (κ2) is 16.6. The third-order valence-electron chi connectivity index (χ3n) is 7.27. The Morgan fingerprint density at radius 2 is 0.794 bits per heavy atom. The predicted molar refractivity (Wildman–Crippen MR) is 147 cm³/mol. The molecule has 34 heavy (non-hydrogen) atoms. The molecule has 5 nitrogen and oxygen atoms in total. The van der Waals surface area contributed by atoms with Gasteiger partial charge < -0.3 is 5.11 Å². The summed E-state index contributed by atoms with van der Waals surface area (Å²) in [6.07, 6.45) is 15.3. The second-order valence-electron chi connectivity index (χ2n) is 11.5. The number of sulfone groups is 2. The number of rotatable bonds is 22. The molecule has 1 N–H and O–H groups in total. The van der Waals surface area contributed by atoms with E-state index in [1.54, 1.807) is 27.7 Å². The predicted octanol–water partition coefficient (Wildman–Crippen LogP) is 7.02. The van der Waals surface area contributed by atoms with Crippen molar-refractivity contribution in [2.45, 2.75) is 160 Å². The Hall–Kier alpha value is -0.140. The first-order valence-corrected chi connectivity index (χ1v) is 17.2. The topological polar surface area (TPSA) is 88.5 Å². The van der Waals surface area contributed by atoms with Crippen molar-refractivity contribution in [3.8, 4) is 0 Å². The Morgan fingerprint density at radius 3 is 1.09 bits per heavy atom. The zero-order valence-electron chi connectivity index (χ0n) is 23.2. The fourth-order valence-electron chi connectivity index (χ4n) is 4.33. The van der Waals surface area contributed by atoms with E-state index >= 15 is 0 Å². The fraction of sp³-hybridized carbons (Fsp3) is 1.00. The van der Waals surface area contributed by atoms with Gasteiger partial charge in [0.1, 0.15) is 0 Å². The molecule has 7 heteroatoms. The molecule has 0 radical (unpaired) electrons. The van der Waals surface area contributed by atoms with E-state index in [0.29, 0.717) is 12.8 Å². The molecule has 0 bridgehead atoms. The quantitative estimate of drug-likeness (QED) is 0.154. The molecule has 0 aromatic rings. The largest absolute Gasteiger partial charge is 0.391 e. The lowest BCUT2D eigenvalue weighted by molar-refractivity contribution is 0.218. The van der Waals surface area contributed by atoms with Crippen LogP contribution in [0.1, 0.15) is 144 Å². The number of unbranched alkanes of at least 4 members (excludes halogenated alkanes) is 12. The first-order chi connectivity index (χ1) is 15.7. The molecular formula is C27H56O5S2. The fourth-order valence-corrected chi connectivity index (χ4v) is 7.54. The summed E-state index contributed by atoms with van der Waals surface area (Å²) in [6, 6.07) is 0. The van der Waals surface area contributed by atoms with Crippen LogP contribution in [0.25, 0.3) is 0 Å². The molecule has 0 rings (SSSR count). The van der Waals surface area contributed by atoms with Crippen molar-refractivity contribution in [1.82, 2.24) is 0 Å². The monoisotopic (exact) mass is 524 g/mol. The summed E-state index contributed by atoms with van der Waals surface area (Å²) in [7, 11) is -7.25. The van der Waals surface area contributed by atoms with E-state index in [0.717, 1.165) is 38.5 Å². The normalized spacial score (nSPS) is 13.6. The van der Waals surface area contributed by atoms with E-state index < -0.39 is 46.8 Å². The molecule has 0 unspecified atom stereocenters. The molecule has 0 spiro atoms. The van der Waals surface area contributed by atoms with Crippen LogP contribution in [0, 0.1) is 0 Å². The van der Waals surface area contributed by atoms with Gasteiger partial charge in [0.15, 0.2) is 19.7 Å². The molecule has 0 aliphatic rings. The summed E-state index contributed by atoms with van der Waals surface area (Å²) in [5.74, 6) is -0.994. The molecule has 0 heterocycles. The molecule has 0 saturated heterocycles. The van der Waals surface area contributed by atoms with Gasteiger partial charge in [-0.25, -0.2) is 16.8 Å². The van der Waals surface area contributed by atoms with Crippen molar-refractivity contribution >= 4 is 19.7 Å². The number of hydrogen-bond acceptors (Lipinski definition) is 5. The Balaban J connectivity index is 4.62. The lowest BCUT2D eigenvalue weighted by Crippen LogP contribution is -2.43. The Morgan fingerprint density at radius 1 is 0.529 bits per heavy atom. The van der Waals surface area contributed by atoms with Gasteiger partial charge >= 0.3 is 0 Å². The average molecular weight is 525 g/mol. The molecule has 0 fully saturated rings. The van der Waals surface area contributed by atoms with Crippen molar-refractivity contribution < 1.29 is 21.9 Å². The highest BCUT2D eigenvalue weighted by Gasteiger charge is 2.39. The van der Waals surface area contributed by atoms with E-state index in [-0.39, 0.29) is 0 Å². The van der Waals surface area contributed by atoms with Crippen LogP contribution in [0.5, 0.6) is 0 Å². The van der Waals surface area contributed by atoms with Gasteiger partial charge in [0.2, 0.25) is 0 Å². The molecule has 0 saturated carbocycles. The number of aliphatic hydroxyl groups excluding tert-OH is 1. The molecule has 0 amide bonds. The Kier molecular flexibility index (Phi) is 16.5. The highest BCUT2D eigenvalue weighted by atomic mass is 32.2. The summed E-state index contributed by atoms with van der Waals surface area (Å²) in [6.45, 7) is 11.2. The zero-order chi connectivity index (χ0) is 26.3. The van der Waals surface area contributed by atoms with Crippen molar-refractivity contribution in [2.75, 3.05) is 11.5 Å². The van der Waals surface area contributed by atoms with Crippen LogP contribution in [0.3, 0.4) is 0 Å². The number of hydrogen-bond donors (Lipinski definition) is 1. The maximum Gasteiger partial charge on any atom is 0.158 e. The second-order valence-corrected chi connectivity index (χ2v) is 16.8. The lowest BCUT2D eigenvalue weighted by Gasteiger charge is -2.29. The van der Waals surface area contributed by atoms with E-state index in [1.165, 1.54) is 51.4 Å². The molecule has 0 aromatic heterocycles. The molecule has 206 valence electrons. The van der Waals surface area contributed by atoms with Gasteiger partial charge in [0.05, 0.1) is 27.1 Å². The van der Waals surface area contributed by atoms with Crippen LogP contribution in [0.15, 0.2) is 0 Å². The van der Waals surface area contributed by atoms with E-state index in [2.05, 4.69) is 13.8 Å². The minimum atomic E-state index is -3.62. The van der Waals surface area contributed by atoms with Crippen LogP contribution < -0.4 is 0 Å². The summed E-state index contributed by atoms with van der Waals surface area (Å²) in [4.78, 5) is 0. The molecule has 0 aromatic carbocycles. The van der Waals surface area contributed by atoms with Crippen LogP contribution >= 0.6 is 0 Å². The van der Waals surface area contributed by atoms with Crippen molar-refractivity contribution in [1.29, 1.82) is 0 Å². The van der Waals surface area contributed by atoms with Gasteiger partial charge in [-0.2, -0.15) is 0 Å². The van der Waals surface area contributed by atoms with Crippen molar-refractivity contribution in [3.05, 3.63) is 0 Å². The van der Waals surface area contributed by atoms with Crippen molar-refractivity contribution in [2.24, 2.45) is 0 Å². The highest BCUT2D eigenvalue weighted by Crippen LogP contribution is 2.28. The summed E-state index contributed by atoms with van der Waals surface area (Å²) in [5.41, 5.74) is 0. The van der Waals surface area contributed by atoms with Gasteiger partial charge in [-0.15, -0.1) is 0 Å². The Labute approximate surface area is 212 Å². The number of aliphatic hydroxyl groups is 1. The van der Waals surface area contributed by atoms with Crippen LogP contribution in [-0.2, 0) is 19.7 Å². The minimum Gasteiger partial charge on any atom is -0.391 e. The molecular weight excluding hydrogens is 468 g/mol. The van der Waals surface area contributed by atoms with E-state index in [9.17, 15) is 21.9 Å². The molecule has 0 atom stereocenters. The third-order valence-corrected chi connectivity index (χ3v) is 12.7. The van der Waals surface area contributed by atoms with Gasteiger partial charge in [0.25, 0.3) is 0 Å². The summed E-state index contributed by atoms with van der Waals surface area (Å²) in [5, 5.41) is 10.5. The smallest absolute Gasteiger partial charge is 0.158 e. The van der Waals surface area contributed by atoms with Gasteiger partial charge in [-0.1, -0.05) is 104 Å². The minimum absolute atomic E-state index is 0.497. The van der Waals surface area contributed by atoms with Crippen LogP contribution in [0.2, 0.25) is 0 Å². The third kappa shape index (κ3) is 13.2. The van der Waals surface area contributed by atoms with Crippen LogP contribution in [0.4, 0.5) is 0 Å². The first-order valence-electron chi connectivity index (χ1n) is 13.8. The standard InChI is InChI=1S/C27H56O5S2/c1-7-9-11-13-15-17-19-21-26(3,4)33(29,30)23-25(28)24-34(31,32)27(5,6)22-20-18-16-14-12-10-8-2/h25,28H,7-24H2,1-6H3. The SMILES string of the molecule is CCCCCCCCCC(C)(C)S(=O)(=O)CC(O)CS(=O)(=O)C(C)(C)CCCCCCCCC. The first kappa shape index (κ1) is 33.9. The lowest BCUT2D eigenvalue weighted by atomic mass is 10.0. The maximum atomic E-state index is 13.0. The summed E-state index contributed by atoms with van der Waals surface area (Å²) < 4.78 is 49.9. The van der Waals surface area contributed by atoms with Crippen molar-refractivity contribution in [3.63, 3.8) is 0 Å². The Bertz CT molecular complexity index is 662. The molecule has 0 aliphatic carbocycles. The average Bonchev–Trinajstić information content (AvgIpc) is 2.71. The van der Waals surface area contributed by atoms with E-state index in [1.807, 2.05) is 0 Å². The van der Waals surface area contributed by atoms with Gasteiger partial charge in [-0.3, -0.25) is 0 Å². The molecule has 0 aliphatic heterocycles. The zero-order valence-corrected chi connectivity index (χ0v) is 24.8. The highest BCUT2D eigenvalue weighted by molar-refractivity contribution is 7.93. The van der Waals surface area contributed by atoms with E-state index in [4.69, 9.17) is 0 Å². The maximum absolute atomic E-state index is 13.0. The van der Waals surface area contributed by atoms with Crippen LogP contribution in [-0.4, -0.2) is 49.0 Å². The van der Waals surface area contributed by atoms with Gasteiger partial charge in [0, 0.05) is 0 Å². The summed E-state index contributed by atoms with van der Waals surface area (Å²) >= 11 is 0. The van der Waals surface area contributed by atoms with Gasteiger partial charge in [-0.05, 0) is 40.5 Å².